The summed E-state index contributed by atoms with van der Waals surface area (Å²) >= 11 is 0. The van der Waals surface area contributed by atoms with E-state index in [4.69, 9.17) is 4.74 Å². The number of carbonyl (C=O) groups excluding carboxylic acids is 1. The zero-order chi connectivity index (χ0) is 25.1. The van der Waals surface area contributed by atoms with Gasteiger partial charge in [0.05, 0.1) is 12.8 Å². The number of nitrogens with one attached hydrogen (secondary N) is 1. The van der Waals surface area contributed by atoms with E-state index in [0.717, 1.165) is 6.20 Å². The first kappa shape index (κ1) is 25.1. The van der Waals surface area contributed by atoms with Crippen molar-refractivity contribution in [2.45, 2.75) is 44.2 Å². The Hall–Kier alpha value is -3.51. The van der Waals surface area contributed by atoms with E-state index in [1.165, 1.54) is 24.3 Å². The molecule has 1 aliphatic heterocycles. The lowest BCUT2D eigenvalue weighted by atomic mass is 9.78. The molecule has 1 saturated heterocycles. The van der Waals surface area contributed by atoms with Crippen LogP contribution in [0.4, 0.5) is 23.8 Å². The lowest BCUT2D eigenvalue weighted by molar-refractivity contribution is -0.146. The first-order valence-corrected chi connectivity index (χ1v) is 10.5. The van der Waals surface area contributed by atoms with E-state index >= 15 is 0 Å². The molecule has 34 heavy (non-hydrogen) atoms. The number of piperidine rings is 1. The first-order chi connectivity index (χ1) is 16.0. The van der Waals surface area contributed by atoms with Crippen LogP contribution >= 0.6 is 0 Å². The van der Waals surface area contributed by atoms with Crippen LogP contribution in [0.25, 0.3) is 0 Å². The Balaban J connectivity index is 1.94. The Morgan fingerprint density at radius 1 is 1.24 bits per heavy atom. The predicted octanol–water partition coefficient (Wildman–Crippen LogP) is 2.99. The molecular formula is C21H25F3N6O4. The summed E-state index contributed by atoms with van der Waals surface area (Å²) in [7, 11) is 1.22. The number of esters is 1. The zero-order valence-corrected chi connectivity index (χ0v) is 18.9. The van der Waals surface area contributed by atoms with E-state index < -0.39 is 29.5 Å². The fraction of sp³-hybridized carbons (Fsp3) is 0.524. The van der Waals surface area contributed by atoms with Crippen LogP contribution < -0.4 is 5.32 Å². The predicted molar refractivity (Wildman–Crippen MR) is 113 cm³/mol. The molecule has 2 aromatic heterocycles. The molecule has 1 fully saturated rings. The first-order valence-electron chi connectivity index (χ1n) is 10.5. The van der Waals surface area contributed by atoms with Crippen molar-refractivity contribution in [3.05, 3.63) is 41.4 Å². The van der Waals surface area contributed by atoms with Gasteiger partial charge in [0.15, 0.2) is 0 Å². The van der Waals surface area contributed by atoms with Crippen molar-refractivity contribution < 1.29 is 32.6 Å². The number of nitrogens with zero attached hydrogens (tertiary/aromatic N) is 5. The Labute approximate surface area is 193 Å². The Kier molecular flexibility index (Phi) is 7.22. The maximum Gasteiger partial charge on any atom is 0.451 e. The van der Waals surface area contributed by atoms with Crippen LogP contribution in [0.3, 0.4) is 0 Å². The second-order valence-corrected chi connectivity index (χ2v) is 8.20. The van der Waals surface area contributed by atoms with Gasteiger partial charge in [-0.25, -0.2) is 24.7 Å². The van der Waals surface area contributed by atoms with Crippen LogP contribution in [0.5, 0.6) is 0 Å². The molecule has 10 nitrogen and oxygen atoms in total. The highest BCUT2D eigenvalue weighted by atomic mass is 19.4. The highest BCUT2D eigenvalue weighted by molar-refractivity contribution is 5.84. The van der Waals surface area contributed by atoms with E-state index in [-0.39, 0.29) is 18.3 Å². The minimum absolute atomic E-state index is 0.109. The van der Waals surface area contributed by atoms with E-state index in [9.17, 15) is 27.9 Å². The maximum atomic E-state index is 13.0. The smallest absolute Gasteiger partial charge is 0.451 e. The zero-order valence-electron chi connectivity index (χ0n) is 18.9. The van der Waals surface area contributed by atoms with Crippen LogP contribution in [0.2, 0.25) is 0 Å². The SMILES string of the molecule is COC(=O)C(C)(CNc1ccnc(C(F)(F)F)n1)c1cnc(C)nc1C1CCN(C(=O)O)CC1. The number of aromatic nitrogens is 4. The van der Waals surface area contributed by atoms with Gasteiger partial charge < -0.3 is 20.1 Å². The fourth-order valence-electron chi connectivity index (χ4n) is 3.93. The summed E-state index contributed by atoms with van der Waals surface area (Å²) in [4.78, 5) is 41.0. The molecule has 13 heteroatoms. The van der Waals surface area contributed by atoms with Crippen LogP contribution in [0, 0.1) is 6.92 Å². The van der Waals surface area contributed by atoms with Crippen molar-refractivity contribution in [1.29, 1.82) is 0 Å². The van der Waals surface area contributed by atoms with E-state index in [2.05, 4.69) is 25.3 Å². The standard InChI is InChI=1S/C21H25F3N6O4/c1-12-26-10-14(16(28-12)13-5-8-30(9-6-13)19(32)33)20(2,18(31)34-3)11-27-15-4-7-25-17(29-15)21(22,23)24/h4,7,10,13H,5-6,8-9,11H2,1-3H3,(H,32,33)(H,25,27,29). The number of alkyl halides is 3. The van der Waals surface area contributed by atoms with Crippen molar-refractivity contribution >= 4 is 17.9 Å². The fourth-order valence-corrected chi connectivity index (χ4v) is 3.93. The van der Waals surface area contributed by atoms with Gasteiger partial charge in [0.25, 0.3) is 0 Å². The molecule has 0 aromatic carbocycles. The second-order valence-electron chi connectivity index (χ2n) is 8.20. The normalized spacial score (nSPS) is 16.6. The molecule has 0 aliphatic carbocycles. The third kappa shape index (κ3) is 5.34. The number of amides is 1. The van der Waals surface area contributed by atoms with Gasteiger partial charge in [0, 0.05) is 43.5 Å². The topological polar surface area (TPSA) is 130 Å². The molecule has 1 aliphatic rings. The number of carboxylic acid groups (broad SMARTS) is 1. The van der Waals surface area contributed by atoms with Gasteiger partial charge in [-0.2, -0.15) is 13.2 Å². The summed E-state index contributed by atoms with van der Waals surface area (Å²) in [5.74, 6) is -1.71. The molecular weight excluding hydrogens is 457 g/mol. The molecule has 3 rings (SSSR count). The Bertz CT molecular complexity index is 1060. The summed E-state index contributed by atoms with van der Waals surface area (Å²) in [6, 6.07) is 1.26. The van der Waals surface area contributed by atoms with Gasteiger partial charge >= 0.3 is 18.2 Å². The molecule has 2 N–H and O–H groups in total. The third-order valence-corrected chi connectivity index (χ3v) is 5.85. The summed E-state index contributed by atoms with van der Waals surface area (Å²) < 4.78 is 44.0. The number of aryl methyl sites for hydroxylation is 1. The second kappa shape index (κ2) is 9.77. The van der Waals surface area contributed by atoms with Crippen molar-refractivity contribution in [1.82, 2.24) is 24.8 Å². The summed E-state index contributed by atoms with van der Waals surface area (Å²) in [6.45, 7) is 3.77. The number of hydrogen-bond acceptors (Lipinski definition) is 8. The van der Waals surface area contributed by atoms with Gasteiger partial charge in [-0.1, -0.05) is 0 Å². The van der Waals surface area contributed by atoms with Crippen molar-refractivity contribution in [2.75, 3.05) is 32.1 Å². The van der Waals surface area contributed by atoms with E-state index in [1.807, 2.05) is 0 Å². The molecule has 0 spiro atoms. The van der Waals surface area contributed by atoms with E-state index in [1.54, 1.807) is 13.8 Å². The largest absolute Gasteiger partial charge is 0.468 e. The third-order valence-electron chi connectivity index (χ3n) is 5.85. The van der Waals surface area contributed by atoms with Gasteiger partial charge in [-0.15, -0.1) is 0 Å². The number of anilines is 1. The molecule has 1 unspecified atom stereocenters. The summed E-state index contributed by atoms with van der Waals surface area (Å²) in [5.41, 5.74) is -0.326. The summed E-state index contributed by atoms with van der Waals surface area (Å²) in [5, 5.41) is 12.0. The maximum absolute atomic E-state index is 13.0. The average Bonchev–Trinajstić information content (AvgIpc) is 2.81. The molecule has 1 amide bonds. The van der Waals surface area contributed by atoms with E-state index in [0.29, 0.717) is 43.0 Å². The average molecular weight is 482 g/mol. The van der Waals surface area contributed by atoms with Gasteiger partial charge in [-0.05, 0) is 32.8 Å². The van der Waals surface area contributed by atoms with Crippen LogP contribution in [-0.2, 0) is 21.1 Å². The molecule has 0 radical (unpaired) electrons. The van der Waals surface area contributed by atoms with Gasteiger partial charge in [-0.3, -0.25) is 4.79 Å². The number of rotatable bonds is 6. The molecule has 3 heterocycles. The minimum atomic E-state index is -4.72. The molecule has 1 atom stereocenters. The highest BCUT2D eigenvalue weighted by Crippen LogP contribution is 2.36. The highest BCUT2D eigenvalue weighted by Gasteiger charge is 2.41. The molecule has 184 valence electrons. The molecule has 0 saturated carbocycles. The number of hydrogen-bond donors (Lipinski definition) is 2. The van der Waals surface area contributed by atoms with Crippen LogP contribution in [0.15, 0.2) is 18.5 Å². The van der Waals surface area contributed by atoms with Gasteiger partial charge in [0.2, 0.25) is 5.82 Å². The summed E-state index contributed by atoms with van der Waals surface area (Å²) in [6.07, 6.45) is -2.22. The van der Waals surface area contributed by atoms with Crippen LogP contribution in [0.1, 0.15) is 48.6 Å². The number of methoxy groups -OCH3 is 1. The number of ether oxygens (including phenoxy) is 1. The van der Waals surface area contributed by atoms with Crippen molar-refractivity contribution in [3.8, 4) is 0 Å². The van der Waals surface area contributed by atoms with Crippen LogP contribution in [-0.4, -0.2) is 68.7 Å². The number of halogens is 3. The van der Waals surface area contributed by atoms with Gasteiger partial charge in [0.1, 0.15) is 17.1 Å². The Morgan fingerprint density at radius 2 is 1.91 bits per heavy atom. The lowest BCUT2D eigenvalue weighted by Crippen LogP contribution is -2.43. The minimum Gasteiger partial charge on any atom is -0.468 e. The van der Waals surface area contributed by atoms with Crippen molar-refractivity contribution in [2.24, 2.45) is 0 Å². The number of likely N-dealkylation sites (tertiary alicyclic amines) is 1. The number of carbonyl (C=O) groups is 2. The Morgan fingerprint density at radius 3 is 2.50 bits per heavy atom. The lowest BCUT2D eigenvalue weighted by Gasteiger charge is -2.34. The van der Waals surface area contributed by atoms with Crippen molar-refractivity contribution in [3.63, 3.8) is 0 Å². The molecule has 2 aromatic rings. The quantitative estimate of drug-likeness (QED) is 0.597. The molecule has 0 bridgehead atoms. The monoisotopic (exact) mass is 482 g/mol.